The molecule has 0 aliphatic carbocycles. The van der Waals surface area contributed by atoms with Crippen LogP contribution < -0.4 is 5.73 Å². The van der Waals surface area contributed by atoms with Crippen molar-refractivity contribution in [1.82, 2.24) is 0 Å². The third kappa shape index (κ3) is 3.71. The minimum absolute atomic E-state index is 0.0328. The zero-order valence-electron chi connectivity index (χ0n) is 17.2. The highest BCUT2D eigenvalue weighted by atomic mass is 32.2. The summed E-state index contributed by atoms with van der Waals surface area (Å²) >= 11 is 0. The third-order valence-corrected chi connectivity index (χ3v) is 6.12. The molecule has 8 heteroatoms. The second kappa shape index (κ2) is 7.33. The van der Waals surface area contributed by atoms with Crippen molar-refractivity contribution < 1.29 is 18.1 Å². The number of azo groups is 1. The molecule has 0 unspecified atom stereocenters. The number of nitrogens with zero attached hydrogens (tertiary/aromatic N) is 2. The molecular formula is C23H21N3O4S. The van der Waals surface area contributed by atoms with Crippen molar-refractivity contribution in [3.05, 3.63) is 65.2 Å². The molecule has 0 aliphatic heterocycles. The van der Waals surface area contributed by atoms with Crippen molar-refractivity contribution in [3.8, 4) is 5.75 Å². The molecule has 0 amide bonds. The Morgan fingerprint density at radius 1 is 0.871 bits per heavy atom. The standard InChI is InChI=1S/C23H21N3O4S/c1-12-4-6-17-15(8-12)5-7-19(23(17)31(28,29)30)25-26-21-14(3)11-16-9-13(2)10-18(24)20(16)22(21)27/h4-11,27H,24H2,1-3H3,(H,28,29,30). The molecule has 0 heterocycles. The maximum Gasteiger partial charge on any atom is 0.297 e. The quantitative estimate of drug-likeness (QED) is 0.211. The highest BCUT2D eigenvalue weighted by molar-refractivity contribution is 7.86. The van der Waals surface area contributed by atoms with E-state index in [1.807, 2.05) is 32.0 Å². The van der Waals surface area contributed by atoms with Gasteiger partial charge in [-0.1, -0.05) is 35.9 Å². The Morgan fingerprint density at radius 2 is 1.58 bits per heavy atom. The van der Waals surface area contributed by atoms with Crippen LogP contribution in [0.1, 0.15) is 16.7 Å². The summed E-state index contributed by atoms with van der Waals surface area (Å²) in [7, 11) is -4.58. The molecule has 4 aromatic carbocycles. The highest BCUT2D eigenvalue weighted by Gasteiger charge is 2.20. The zero-order chi connectivity index (χ0) is 22.5. The number of phenols is 1. The lowest BCUT2D eigenvalue weighted by atomic mass is 10.0. The van der Waals surface area contributed by atoms with Crippen LogP contribution in [0, 0.1) is 20.8 Å². The Morgan fingerprint density at radius 3 is 2.29 bits per heavy atom. The summed E-state index contributed by atoms with van der Waals surface area (Å²) in [6, 6.07) is 13.9. The summed E-state index contributed by atoms with van der Waals surface area (Å²) in [4.78, 5) is -0.332. The first-order chi connectivity index (χ1) is 14.6. The summed E-state index contributed by atoms with van der Waals surface area (Å²) < 4.78 is 34.1. The highest BCUT2D eigenvalue weighted by Crippen LogP contribution is 2.42. The van der Waals surface area contributed by atoms with Crippen LogP contribution in [0.15, 0.2) is 63.7 Å². The van der Waals surface area contributed by atoms with Crippen molar-refractivity contribution in [2.75, 3.05) is 5.73 Å². The third-order valence-electron chi connectivity index (χ3n) is 5.17. The molecule has 158 valence electrons. The van der Waals surface area contributed by atoms with E-state index in [2.05, 4.69) is 10.2 Å². The second-order valence-corrected chi connectivity index (χ2v) is 9.01. The fourth-order valence-electron chi connectivity index (χ4n) is 3.83. The van der Waals surface area contributed by atoms with Crippen LogP contribution in [0.2, 0.25) is 0 Å². The van der Waals surface area contributed by atoms with E-state index in [1.54, 1.807) is 31.2 Å². The molecule has 0 saturated carbocycles. The van der Waals surface area contributed by atoms with Crippen LogP contribution in [0.25, 0.3) is 21.5 Å². The Hall–Kier alpha value is -3.49. The molecular weight excluding hydrogens is 414 g/mol. The molecule has 0 atom stereocenters. The molecule has 0 spiro atoms. The number of anilines is 1. The smallest absolute Gasteiger partial charge is 0.297 e. The topological polar surface area (TPSA) is 125 Å². The number of rotatable bonds is 3. The van der Waals surface area contributed by atoms with Crippen molar-refractivity contribution in [1.29, 1.82) is 0 Å². The summed E-state index contributed by atoms with van der Waals surface area (Å²) in [6.45, 7) is 5.56. The van der Waals surface area contributed by atoms with Gasteiger partial charge in [0.25, 0.3) is 10.1 Å². The molecule has 4 aromatic rings. The fraction of sp³-hybridized carbons (Fsp3) is 0.130. The van der Waals surface area contributed by atoms with Crippen LogP contribution in [-0.2, 0) is 10.1 Å². The minimum atomic E-state index is -4.58. The van der Waals surface area contributed by atoms with E-state index in [0.717, 1.165) is 16.5 Å². The number of hydrogen-bond donors (Lipinski definition) is 3. The Bertz CT molecular complexity index is 1510. The number of aryl methyl sites for hydroxylation is 3. The molecule has 0 bridgehead atoms. The first kappa shape index (κ1) is 20.8. The molecule has 0 aliphatic rings. The molecule has 4 N–H and O–H groups in total. The predicted octanol–water partition coefficient (Wildman–Crippen LogP) is 5.87. The lowest BCUT2D eigenvalue weighted by Crippen LogP contribution is -2.00. The summed E-state index contributed by atoms with van der Waals surface area (Å²) in [5.41, 5.74) is 9.20. The number of hydrogen-bond acceptors (Lipinski definition) is 6. The first-order valence-corrected chi connectivity index (χ1v) is 11.0. The summed E-state index contributed by atoms with van der Waals surface area (Å²) in [5, 5.41) is 21.2. The monoisotopic (exact) mass is 435 g/mol. The van der Waals surface area contributed by atoms with Gasteiger partial charge in [-0.15, -0.1) is 10.2 Å². The number of nitrogen functional groups attached to an aromatic ring is 1. The number of benzene rings is 4. The zero-order valence-corrected chi connectivity index (χ0v) is 18.0. The van der Waals surface area contributed by atoms with Gasteiger partial charge in [-0.05, 0) is 60.9 Å². The first-order valence-electron chi connectivity index (χ1n) is 9.51. The van der Waals surface area contributed by atoms with Gasteiger partial charge in [-0.2, -0.15) is 8.42 Å². The van der Waals surface area contributed by atoms with Gasteiger partial charge in [0.1, 0.15) is 16.3 Å². The van der Waals surface area contributed by atoms with Crippen LogP contribution in [0.5, 0.6) is 5.75 Å². The van der Waals surface area contributed by atoms with E-state index in [-0.39, 0.29) is 22.0 Å². The van der Waals surface area contributed by atoms with E-state index in [9.17, 15) is 18.1 Å². The predicted molar refractivity (Wildman–Crippen MR) is 122 cm³/mol. The van der Waals surface area contributed by atoms with Gasteiger partial charge in [0.15, 0.2) is 5.75 Å². The van der Waals surface area contributed by atoms with Crippen molar-refractivity contribution in [2.45, 2.75) is 25.7 Å². The molecule has 0 saturated heterocycles. The average Bonchev–Trinajstić information content (AvgIpc) is 2.65. The Kier molecular flexibility index (Phi) is 4.91. The Balaban J connectivity index is 1.93. The maximum atomic E-state index is 12.1. The van der Waals surface area contributed by atoms with Crippen molar-refractivity contribution >= 4 is 48.7 Å². The molecule has 4 rings (SSSR count). The average molecular weight is 436 g/mol. The molecule has 0 fully saturated rings. The number of nitrogens with two attached hydrogens (primary N) is 1. The van der Waals surface area contributed by atoms with Crippen LogP contribution in [0.3, 0.4) is 0 Å². The van der Waals surface area contributed by atoms with Gasteiger partial charge in [-0.25, -0.2) is 0 Å². The lowest BCUT2D eigenvalue weighted by Gasteiger charge is -2.11. The molecule has 0 radical (unpaired) electrons. The Labute approximate surface area is 179 Å². The normalized spacial score (nSPS) is 12.3. The number of phenolic OH excluding ortho intramolecular Hbond substituents is 1. The fourth-order valence-corrected chi connectivity index (χ4v) is 4.66. The van der Waals surface area contributed by atoms with Crippen LogP contribution in [0.4, 0.5) is 17.1 Å². The van der Waals surface area contributed by atoms with Gasteiger partial charge >= 0.3 is 0 Å². The van der Waals surface area contributed by atoms with Gasteiger partial charge < -0.3 is 10.8 Å². The van der Waals surface area contributed by atoms with Crippen molar-refractivity contribution in [2.24, 2.45) is 10.2 Å². The summed E-state index contributed by atoms with van der Waals surface area (Å²) in [5.74, 6) is -0.138. The van der Waals surface area contributed by atoms with E-state index >= 15 is 0 Å². The number of aromatic hydroxyl groups is 1. The largest absolute Gasteiger partial charge is 0.505 e. The van der Waals surface area contributed by atoms with E-state index in [4.69, 9.17) is 5.73 Å². The van der Waals surface area contributed by atoms with Crippen LogP contribution in [-0.4, -0.2) is 18.1 Å². The van der Waals surface area contributed by atoms with Gasteiger partial charge in [0.2, 0.25) is 0 Å². The van der Waals surface area contributed by atoms with Gasteiger partial charge in [0, 0.05) is 16.5 Å². The van der Waals surface area contributed by atoms with E-state index < -0.39 is 10.1 Å². The maximum absolute atomic E-state index is 12.1. The van der Waals surface area contributed by atoms with Gasteiger partial charge in [0.05, 0.1) is 0 Å². The van der Waals surface area contributed by atoms with Crippen molar-refractivity contribution in [3.63, 3.8) is 0 Å². The molecule has 31 heavy (non-hydrogen) atoms. The molecule has 7 nitrogen and oxygen atoms in total. The van der Waals surface area contributed by atoms with Gasteiger partial charge in [-0.3, -0.25) is 4.55 Å². The van der Waals surface area contributed by atoms with E-state index in [1.165, 1.54) is 6.07 Å². The minimum Gasteiger partial charge on any atom is -0.505 e. The second-order valence-electron chi connectivity index (χ2n) is 7.66. The van der Waals surface area contributed by atoms with E-state index in [0.29, 0.717) is 27.4 Å². The lowest BCUT2D eigenvalue weighted by molar-refractivity contribution is 0.482. The summed E-state index contributed by atoms with van der Waals surface area (Å²) in [6.07, 6.45) is 0. The SMILES string of the molecule is Cc1ccc2c(S(=O)(=O)O)c(N=Nc3c(C)cc4cc(C)cc(N)c4c3O)ccc2c1. The molecule has 0 aromatic heterocycles. The number of fused-ring (bicyclic) bond motifs is 2. The van der Waals surface area contributed by atoms with Crippen LogP contribution >= 0.6 is 0 Å².